The maximum atomic E-state index is 3.94. The van der Waals surface area contributed by atoms with Gasteiger partial charge in [-0.15, -0.1) is 22.9 Å². The molecule has 262 valence electrons. The number of aryl methyl sites for hydroxylation is 2. The quantitative estimate of drug-likeness (QED) is 0.114. The first-order valence-electron chi connectivity index (χ1n) is 19.3. The summed E-state index contributed by atoms with van der Waals surface area (Å²) in [6.07, 6.45) is 3.54. The molecule has 0 aliphatic carbocycles. The van der Waals surface area contributed by atoms with Gasteiger partial charge in [-0.25, -0.2) is 0 Å². The van der Waals surface area contributed by atoms with Crippen LogP contribution < -0.4 is 0 Å². The minimum Gasteiger partial charge on any atom is -0.130 e. The van der Waals surface area contributed by atoms with Crippen LogP contribution >= 0.6 is 0 Å². The van der Waals surface area contributed by atoms with E-state index in [4.69, 9.17) is 0 Å². The molecule has 0 fully saturated rings. The van der Waals surface area contributed by atoms with E-state index in [1.807, 2.05) is 0 Å². The van der Waals surface area contributed by atoms with Crippen molar-refractivity contribution >= 4 is 37.7 Å². The topological polar surface area (TPSA) is 0 Å². The van der Waals surface area contributed by atoms with Gasteiger partial charge >= 0.3 is 0 Å². The second-order valence-electron chi connectivity index (χ2n) is 16.3. The van der Waals surface area contributed by atoms with Crippen LogP contribution in [0.15, 0.2) is 72.8 Å². The molecule has 0 saturated carbocycles. The Bertz CT molecular complexity index is 1770. The molecule has 4 rings (SSSR count). The standard InChI is InChI=1S/C48H62Si2/c1-35(2)49(36(3)4,37(5)6)33-19-17-23-43-29-27-41-21-13-15-25-45(41)47(43)31-32-48-44(30-28-42-22-14-16-26-46(42)48)24-18-20-34-50(38(7)8,39(9)10)40(11)12/h13-16,21-22,25-30,35-40H,17-18,23-24H2,1-12H3. The zero-order valence-electron chi connectivity index (χ0n) is 33.2. The maximum absolute atomic E-state index is 3.94. The number of benzene rings is 4. The van der Waals surface area contributed by atoms with E-state index in [1.54, 1.807) is 0 Å². The molecule has 0 unspecified atom stereocenters. The molecular formula is C48H62Si2. The van der Waals surface area contributed by atoms with Crippen molar-refractivity contribution in [2.24, 2.45) is 0 Å². The third-order valence-corrected chi connectivity index (χ3v) is 24.4. The van der Waals surface area contributed by atoms with E-state index in [9.17, 15) is 0 Å². The lowest BCUT2D eigenvalue weighted by Gasteiger charge is -2.38. The van der Waals surface area contributed by atoms with E-state index in [-0.39, 0.29) is 0 Å². The molecule has 0 aromatic heterocycles. The van der Waals surface area contributed by atoms with Crippen molar-refractivity contribution in [2.45, 2.75) is 142 Å². The highest BCUT2D eigenvalue weighted by Gasteiger charge is 2.42. The molecule has 0 aliphatic heterocycles. The van der Waals surface area contributed by atoms with E-state index in [0.717, 1.165) is 36.8 Å². The van der Waals surface area contributed by atoms with Gasteiger partial charge in [-0.3, -0.25) is 0 Å². The molecule has 0 spiro atoms. The lowest BCUT2D eigenvalue weighted by atomic mass is 9.94. The van der Waals surface area contributed by atoms with Crippen molar-refractivity contribution in [3.8, 4) is 34.8 Å². The molecule has 0 radical (unpaired) electrons. The first-order chi connectivity index (χ1) is 23.8. The molecular weight excluding hydrogens is 633 g/mol. The molecule has 0 aliphatic rings. The van der Waals surface area contributed by atoms with E-state index in [0.29, 0.717) is 33.2 Å². The third-order valence-electron chi connectivity index (χ3n) is 11.7. The van der Waals surface area contributed by atoms with Crippen molar-refractivity contribution in [3.05, 3.63) is 95.1 Å². The van der Waals surface area contributed by atoms with Crippen LogP contribution in [0.2, 0.25) is 33.2 Å². The molecule has 0 N–H and O–H groups in total. The van der Waals surface area contributed by atoms with Gasteiger partial charge in [-0.2, -0.15) is 0 Å². The Labute approximate surface area is 308 Å². The number of rotatable bonds is 10. The van der Waals surface area contributed by atoms with E-state index < -0.39 is 16.1 Å². The van der Waals surface area contributed by atoms with Crippen LogP contribution in [0, 0.1) is 34.8 Å². The summed E-state index contributed by atoms with van der Waals surface area (Å²) in [4.78, 5) is 0. The van der Waals surface area contributed by atoms with Crippen LogP contribution in [0.4, 0.5) is 0 Å². The molecule has 0 saturated heterocycles. The van der Waals surface area contributed by atoms with Crippen molar-refractivity contribution in [1.82, 2.24) is 0 Å². The highest BCUT2D eigenvalue weighted by atomic mass is 28.3. The maximum Gasteiger partial charge on any atom is 0.145 e. The fourth-order valence-electron chi connectivity index (χ4n) is 9.16. The van der Waals surface area contributed by atoms with E-state index in [1.165, 1.54) is 32.7 Å². The van der Waals surface area contributed by atoms with Crippen molar-refractivity contribution in [2.75, 3.05) is 0 Å². The van der Waals surface area contributed by atoms with Crippen LogP contribution in [-0.4, -0.2) is 16.1 Å². The molecule has 50 heavy (non-hydrogen) atoms. The Morgan fingerprint density at radius 3 is 1.06 bits per heavy atom. The van der Waals surface area contributed by atoms with E-state index in [2.05, 4.69) is 191 Å². The number of fused-ring (bicyclic) bond motifs is 2. The van der Waals surface area contributed by atoms with Crippen molar-refractivity contribution in [3.63, 3.8) is 0 Å². The van der Waals surface area contributed by atoms with Crippen LogP contribution in [0.3, 0.4) is 0 Å². The second kappa shape index (κ2) is 17.2. The summed E-state index contributed by atoms with van der Waals surface area (Å²) in [6.45, 7) is 28.7. The van der Waals surface area contributed by atoms with Gasteiger partial charge < -0.3 is 0 Å². The lowest BCUT2D eigenvalue weighted by Crippen LogP contribution is -2.43. The smallest absolute Gasteiger partial charge is 0.130 e. The van der Waals surface area contributed by atoms with Crippen LogP contribution in [0.1, 0.15) is 118 Å². The third kappa shape index (κ3) is 8.18. The fourth-order valence-corrected chi connectivity index (χ4v) is 19.8. The predicted octanol–water partition coefficient (Wildman–Crippen LogP) is 13.7. The highest BCUT2D eigenvalue weighted by molar-refractivity contribution is 6.91. The molecule has 2 heteroatoms. The minimum atomic E-state index is -1.75. The van der Waals surface area contributed by atoms with Gasteiger partial charge in [-0.05, 0) is 78.8 Å². The Morgan fingerprint density at radius 2 is 0.740 bits per heavy atom. The molecule has 0 heterocycles. The summed E-state index contributed by atoms with van der Waals surface area (Å²) in [5.74, 6) is 14.9. The SMILES string of the molecule is CC(C)[Si](C#CCCc1ccc2ccccc2c1C#Cc1c(CCC#C[Si](C(C)C)(C(C)C)C(C)C)ccc2ccccc12)(C(C)C)C(C)C. The van der Waals surface area contributed by atoms with Crippen LogP contribution in [0.25, 0.3) is 21.5 Å². The largest absolute Gasteiger partial charge is 0.145 e. The van der Waals surface area contributed by atoms with Crippen LogP contribution in [0.5, 0.6) is 0 Å². The summed E-state index contributed by atoms with van der Waals surface area (Å²) in [5, 5.41) is 4.93. The van der Waals surface area contributed by atoms with Crippen molar-refractivity contribution in [1.29, 1.82) is 0 Å². The van der Waals surface area contributed by atoms with Gasteiger partial charge in [0.1, 0.15) is 16.1 Å². The monoisotopic (exact) mass is 694 g/mol. The molecule has 4 aromatic rings. The molecule has 0 nitrogen and oxygen atoms in total. The molecule has 0 amide bonds. The van der Waals surface area contributed by atoms with Gasteiger partial charge in [0.05, 0.1) is 0 Å². The highest BCUT2D eigenvalue weighted by Crippen LogP contribution is 2.42. The predicted molar refractivity (Wildman–Crippen MR) is 228 cm³/mol. The second-order valence-corrected chi connectivity index (χ2v) is 27.4. The first-order valence-corrected chi connectivity index (χ1v) is 23.8. The number of hydrogen-bond donors (Lipinski definition) is 0. The van der Waals surface area contributed by atoms with Gasteiger partial charge in [0, 0.05) is 24.0 Å². The Kier molecular flexibility index (Phi) is 13.5. The van der Waals surface area contributed by atoms with Crippen molar-refractivity contribution < 1.29 is 0 Å². The Balaban J connectivity index is 1.76. The number of hydrogen-bond acceptors (Lipinski definition) is 0. The van der Waals surface area contributed by atoms with E-state index >= 15 is 0 Å². The summed E-state index contributed by atoms with van der Waals surface area (Å²) >= 11 is 0. The van der Waals surface area contributed by atoms with Crippen LogP contribution in [-0.2, 0) is 12.8 Å². The molecule has 0 atom stereocenters. The summed E-state index contributed by atoms with van der Waals surface area (Å²) < 4.78 is 0. The average molecular weight is 695 g/mol. The lowest BCUT2D eigenvalue weighted by molar-refractivity contribution is 0.837. The minimum absolute atomic E-state index is 0.642. The first kappa shape index (κ1) is 39.3. The van der Waals surface area contributed by atoms with Gasteiger partial charge in [0.15, 0.2) is 0 Å². The van der Waals surface area contributed by atoms with Gasteiger partial charge in [-0.1, -0.05) is 168 Å². The zero-order valence-corrected chi connectivity index (χ0v) is 35.2. The summed E-state index contributed by atoms with van der Waals surface area (Å²) in [6, 6.07) is 26.5. The normalized spacial score (nSPS) is 12.1. The fraction of sp³-hybridized carbons (Fsp3) is 0.458. The Morgan fingerprint density at radius 1 is 0.420 bits per heavy atom. The van der Waals surface area contributed by atoms with Gasteiger partial charge in [0.25, 0.3) is 0 Å². The molecule has 4 aromatic carbocycles. The summed E-state index contributed by atoms with van der Waals surface area (Å²) in [5.41, 5.74) is 16.6. The van der Waals surface area contributed by atoms with Gasteiger partial charge in [0.2, 0.25) is 0 Å². The average Bonchev–Trinajstić information content (AvgIpc) is 3.06. The Hall–Kier alpha value is -3.49. The molecule has 0 bridgehead atoms. The summed E-state index contributed by atoms with van der Waals surface area (Å²) in [7, 11) is -3.51. The zero-order chi connectivity index (χ0) is 36.6.